The van der Waals surface area contributed by atoms with Crippen molar-refractivity contribution in [3.8, 4) is 0 Å². The molecule has 3 rings (SSSR count). The Morgan fingerprint density at radius 3 is 2.82 bits per heavy atom. The fourth-order valence-corrected chi connectivity index (χ4v) is 2.93. The fraction of sp³-hybridized carbons (Fsp3) is 0.389. The Morgan fingerprint density at radius 2 is 2.05 bits per heavy atom. The largest absolute Gasteiger partial charge is 0.467 e. The molecule has 116 valence electrons. The zero-order valence-electron chi connectivity index (χ0n) is 12.9. The molecule has 1 aliphatic rings. The van der Waals surface area contributed by atoms with Crippen molar-refractivity contribution in [2.45, 2.75) is 45.2 Å². The highest BCUT2D eigenvalue weighted by atomic mass is 16.3. The Labute approximate surface area is 130 Å². The van der Waals surface area contributed by atoms with E-state index >= 15 is 0 Å². The average Bonchev–Trinajstić information content (AvgIpc) is 3.06. The molecule has 0 aliphatic heterocycles. The van der Waals surface area contributed by atoms with Crippen LogP contribution in [0.15, 0.2) is 41.0 Å². The van der Waals surface area contributed by atoms with Crippen molar-refractivity contribution in [2.24, 2.45) is 0 Å². The van der Waals surface area contributed by atoms with Crippen molar-refractivity contribution in [2.75, 3.05) is 0 Å². The molecule has 0 bridgehead atoms. The van der Waals surface area contributed by atoms with Crippen LogP contribution in [0.5, 0.6) is 0 Å². The van der Waals surface area contributed by atoms with Gasteiger partial charge in [-0.1, -0.05) is 18.2 Å². The van der Waals surface area contributed by atoms with Gasteiger partial charge in [0.2, 0.25) is 0 Å². The number of carbonyl (C=O) groups is 1. The lowest BCUT2D eigenvalue weighted by Gasteiger charge is -2.20. The van der Waals surface area contributed by atoms with E-state index in [9.17, 15) is 4.79 Å². The standard InChI is InChI=1S/C18H22N2O2/c1-13(20-18(21)19-12-17-7-4-10-22-17)15-9-8-14-5-2-3-6-16(14)11-15/h4,7-11,13H,2-3,5-6,12H2,1H3,(H2,19,20,21). The Kier molecular flexibility index (Phi) is 4.47. The van der Waals surface area contributed by atoms with E-state index in [1.165, 1.54) is 30.4 Å². The Balaban J connectivity index is 1.56. The van der Waals surface area contributed by atoms with Gasteiger partial charge < -0.3 is 15.1 Å². The van der Waals surface area contributed by atoms with E-state index in [0.717, 1.165) is 17.7 Å². The first-order chi connectivity index (χ1) is 10.7. The van der Waals surface area contributed by atoms with E-state index in [2.05, 4.69) is 28.8 Å². The van der Waals surface area contributed by atoms with E-state index in [1.807, 2.05) is 19.1 Å². The minimum atomic E-state index is -0.179. The maximum atomic E-state index is 11.9. The highest BCUT2D eigenvalue weighted by molar-refractivity contribution is 5.74. The van der Waals surface area contributed by atoms with Crippen LogP contribution in [0.3, 0.4) is 0 Å². The number of fused-ring (bicyclic) bond motifs is 1. The van der Waals surface area contributed by atoms with Crippen molar-refractivity contribution in [3.05, 3.63) is 59.0 Å². The SMILES string of the molecule is CC(NC(=O)NCc1ccco1)c1ccc2c(c1)CCCC2. The average molecular weight is 298 g/mol. The predicted molar refractivity (Wildman–Crippen MR) is 85.6 cm³/mol. The van der Waals surface area contributed by atoms with Gasteiger partial charge in [-0.3, -0.25) is 0 Å². The van der Waals surface area contributed by atoms with E-state index in [0.29, 0.717) is 6.54 Å². The van der Waals surface area contributed by atoms with Crippen molar-refractivity contribution >= 4 is 6.03 Å². The van der Waals surface area contributed by atoms with Crippen LogP contribution in [0.4, 0.5) is 4.79 Å². The third-order valence-electron chi connectivity index (χ3n) is 4.22. The van der Waals surface area contributed by atoms with Gasteiger partial charge >= 0.3 is 6.03 Å². The molecule has 0 radical (unpaired) electrons. The van der Waals surface area contributed by atoms with E-state index in [4.69, 9.17) is 4.42 Å². The molecule has 2 amide bonds. The number of hydrogen-bond acceptors (Lipinski definition) is 2. The van der Waals surface area contributed by atoms with Crippen LogP contribution in [0.1, 0.15) is 48.3 Å². The molecule has 1 unspecified atom stereocenters. The van der Waals surface area contributed by atoms with Crippen molar-refractivity contribution in [1.29, 1.82) is 0 Å². The number of furan rings is 1. The molecule has 0 saturated carbocycles. The Hall–Kier alpha value is -2.23. The number of hydrogen-bond donors (Lipinski definition) is 2. The van der Waals surface area contributed by atoms with Crippen LogP contribution in [0.25, 0.3) is 0 Å². The molecule has 2 N–H and O–H groups in total. The lowest BCUT2D eigenvalue weighted by atomic mass is 9.89. The third-order valence-corrected chi connectivity index (χ3v) is 4.22. The van der Waals surface area contributed by atoms with Gasteiger partial charge in [0.25, 0.3) is 0 Å². The molecule has 4 nitrogen and oxygen atoms in total. The summed E-state index contributed by atoms with van der Waals surface area (Å²) >= 11 is 0. The number of rotatable bonds is 4. The summed E-state index contributed by atoms with van der Waals surface area (Å²) in [6.07, 6.45) is 6.49. The second-order valence-electron chi connectivity index (χ2n) is 5.86. The maximum absolute atomic E-state index is 11.9. The van der Waals surface area contributed by atoms with Crippen LogP contribution in [-0.4, -0.2) is 6.03 Å². The van der Waals surface area contributed by atoms with Crippen molar-refractivity contribution in [1.82, 2.24) is 10.6 Å². The van der Waals surface area contributed by atoms with Gasteiger partial charge in [-0.2, -0.15) is 0 Å². The summed E-state index contributed by atoms with van der Waals surface area (Å²) in [5, 5.41) is 5.78. The molecule has 4 heteroatoms. The second-order valence-corrected chi connectivity index (χ2v) is 5.86. The highest BCUT2D eigenvalue weighted by Gasteiger charge is 2.14. The molecule has 1 aromatic heterocycles. The van der Waals surface area contributed by atoms with Gasteiger partial charge in [0.15, 0.2) is 0 Å². The molecule has 0 fully saturated rings. The summed E-state index contributed by atoms with van der Waals surface area (Å²) in [7, 11) is 0. The molecule has 22 heavy (non-hydrogen) atoms. The van der Waals surface area contributed by atoms with Gasteiger partial charge in [0.1, 0.15) is 5.76 Å². The first kappa shape index (κ1) is 14.7. The van der Waals surface area contributed by atoms with Crippen LogP contribution < -0.4 is 10.6 Å². The first-order valence-electron chi connectivity index (χ1n) is 7.91. The first-order valence-corrected chi connectivity index (χ1v) is 7.91. The van der Waals surface area contributed by atoms with Crippen molar-refractivity contribution in [3.63, 3.8) is 0 Å². The van der Waals surface area contributed by atoms with E-state index in [1.54, 1.807) is 6.26 Å². The quantitative estimate of drug-likeness (QED) is 0.904. The summed E-state index contributed by atoms with van der Waals surface area (Å²) in [4.78, 5) is 11.9. The summed E-state index contributed by atoms with van der Waals surface area (Å²) in [6.45, 7) is 2.41. The van der Waals surface area contributed by atoms with Crippen LogP contribution in [0, 0.1) is 0 Å². The minimum Gasteiger partial charge on any atom is -0.467 e. The van der Waals surface area contributed by atoms with E-state index in [-0.39, 0.29) is 12.1 Å². The molecular weight excluding hydrogens is 276 g/mol. The summed E-state index contributed by atoms with van der Waals surface area (Å²) in [6, 6.07) is 10.0. The van der Waals surface area contributed by atoms with Crippen LogP contribution in [0.2, 0.25) is 0 Å². The molecule has 1 atom stereocenters. The summed E-state index contributed by atoms with van der Waals surface area (Å²) < 4.78 is 5.19. The number of amides is 2. The van der Waals surface area contributed by atoms with E-state index < -0.39 is 0 Å². The molecule has 0 spiro atoms. The number of nitrogens with one attached hydrogen (secondary N) is 2. The van der Waals surface area contributed by atoms with Crippen LogP contribution >= 0.6 is 0 Å². The number of aryl methyl sites for hydroxylation is 2. The van der Waals surface area contributed by atoms with Gasteiger partial charge in [-0.05, 0) is 61.4 Å². The molecule has 1 heterocycles. The fourth-order valence-electron chi connectivity index (χ4n) is 2.93. The zero-order chi connectivity index (χ0) is 15.4. The topological polar surface area (TPSA) is 54.3 Å². The minimum absolute atomic E-state index is 0.0103. The lowest BCUT2D eigenvalue weighted by molar-refractivity contribution is 0.236. The molecule has 2 aromatic rings. The third kappa shape index (κ3) is 3.50. The predicted octanol–water partition coefficient (Wildman–Crippen LogP) is 3.72. The summed E-state index contributed by atoms with van der Waals surface area (Å²) in [5.74, 6) is 0.747. The van der Waals surface area contributed by atoms with Gasteiger partial charge in [-0.25, -0.2) is 4.79 Å². The lowest BCUT2D eigenvalue weighted by Crippen LogP contribution is -2.36. The second kappa shape index (κ2) is 6.69. The molecule has 0 saturated heterocycles. The Bertz CT molecular complexity index is 635. The highest BCUT2D eigenvalue weighted by Crippen LogP contribution is 2.24. The number of benzene rings is 1. The van der Waals surface area contributed by atoms with Gasteiger partial charge in [0.05, 0.1) is 18.8 Å². The normalized spacial score (nSPS) is 15.0. The molecule has 1 aliphatic carbocycles. The number of carbonyl (C=O) groups excluding carboxylic acids is 1. The zero-order valence-corrected chi connectivity index (χ0v) is 12.9. The monoisotopic (exact) mass is 298 g/mol. The Morgan fingerprint density at radius 1 is 1.23 bits per heavy atom. The molecule has 1 aromatic carbocycles. The maximum Gasteiger partial charge on any atom is 0.315 e. The summed E-state index contributed by atoms with van der Waals surface area (Å²) in [5.41, 5.74) is 4.06. The smallest absolute Gasteiger partial charge is 0.315 e. The number of urea groups is 1. The van der Waals surface area contributed by atoms with Crippen molar-refractivity contribution < 1.29 is 9.21 Å². The van der Waals surface area contributed by atoms with Gasteiger partial charge in [0, 0.05) is 0 Å². The van der Waals surface area contributed by atoms with Crippen LogP contribution in [-0.2, 0) is 19.4 Å². The molecular formula is C18H22N2O2. The van der Waals surface area contributed by atoms with Gasteiger partial charge in [-0.15, -0.1) is 0 Å².